The standard InChI is InChI=1S/C15H25N3O/c1-13(2)8-14(3,4)10-15(16,9-13)11-12(19-5)18-7-6-17-11/h6-7H,8-10,16H2,1-5H3. The second-order valence-electron chi connectivity index (χ2n) is 7.43. The number of hydrogen-bond acceptors (Lipinski definition) is 4. The van der Waals surface area contributed by atoms with E-state index in [-0.39, 0.29) is 10.8 Å². The summed E-state index contributed by atoms with van der Waals surface area (Å²) in [6.07, 6.45) is 6.31. The van der Waals surface area contributed by atoms with Crippen LogP contribution in [-0.4, -0.2) is 17.1 Å². The van der Waals surface area contributed by atoms with E-state index in [1.807, 2.05) is 0 Å². The summed E-state index contributed by atoms with van der Waals surface area (Å²) in [5, 5.41) is 0. The predicted octanol–water partition coefficient (Wildman–Crippen LogP) is 2.88. The summed E-state index contributed by atoms with van der Waals surface area (Å²) in [4.78, 5) is 8.71. The van der Waals surface area contributed by atoms with Crippen molar-refractivity contribution in [3.05, 3.63) is 18.1 Å². The largest absolute Gasteiger partial charge is 0.480 e. The first-order chi connectivity index (χ1) is 8.68. The van der Waals surface area contributed by atoms with E-state index >= 15 is 0 Å². The molecule has 0 amide bonds. The van der Waals surface area contributed by atoms with E-state index in [1.165, 1.54) is 6.42 Å². The van der Waals surface area contributed by atoms with E-state index in [2.05, 4.69) is 37.7 Å². The zero-order valence-electron chi connectivity index (χ0n) is 12.7. The van der Waals surface area contributed by atoms with Crippen molar-refractivity contribution in [3.8, 4) is 5.88 Å². The van der Waals surface area contributed by atoms with E-state index in [0.717, 1.165) is 18.5 Å². The van der Waals surface area contributed by atoms with Crippen molar-refractivity contribution in [1.82, 2.24) is 9.97 Å². The van der Waals surface area contributed by atoms with Crippen LogP contribution in [-0.2, 0) is 5.54 Å². The van der Waals surface area contributed by atoms with Crippen LogP contribution >= 0.6 is 0 Å². The summed E-state index contributed by atoms with van der Waals surface area (Å²) in [6.45, 7) is 9.10. The van der Waals surface area contributed by atoms with Gasteiger partial charge in [0, 0.05) is 12.4 Å². The van der Waals surface area contributed by atoms with Gasteiger partial charge in [-0.3, -0.25) is 4.98 Å². The number of methoxy groups -OCH3 is 1. The zero-order chi connectivity index (χ0) is 14.3. The molecule has 1 aliphatic rings. The first kappa shape index (κ1) is 14.3. The molecule has 0 radical (unpaired) electrons. The monoisotopic (exact) mass is 263 g/mol. The second-order valence-corrected chi connectivity index (χ2v) is 7.43. The maximum absolute atomic E-state index is 6.73. The molecule has 0 bridgehead atoms. The Morgan fingerprint density at radius 2 is 1.53 bits per heavy atom. The quantitative estimate of drug-likeness (QED) is 0.891. The number of aromatic nitrogens is 2. The van der Waals surface area contributed by atoms with Crippen LogP contribution in [0.3, 0.4) is 0 Å². The fourth-order valence-corrected chi connectivity index (χ4v) is 4.17. The maximum Gasteiger partial charge on any atom is 0.237 e. The average Bonchev–Trinajstić information content (AvgIpc) is 2.24. The highest BCUT2D eigenvalue weighted by atomic mass is 16.5. The lowest BCUT2D eigenvalue weighted by atomic mass is 9.58. The minimum absolute atomic E-state index is 0.193. The number of ether oxygens (including phenoxy) is 1. The minimum Gasteiger partial charge on any atom is -0.480 e. The number of nitrogens with two attached hydrogens (primary N) is 1. The molecule has 0 spiro atoms. The molecule has 0 aliphatic heterocycles. The molecule has 106 valence electrons. The van der Waals surface area contributed by atoms with Crippen LogP contribution in [0.4, 0.5) is 0 Å². The third-order valence-electron chi connectivity index (χ3n) is 3.87. The van der Waals surface area contributed by atoms with Gasteiger partial charge < -0.3 is 10.5 Å². The maximum atomic E-state index is 6.73. The number of nitrogens with zero attached hydrogens (tertiary/aromatic N) is 2. The molecule has 0 atom stereocenters. The molecule has 2 rings (SSSR count). The molecular formula is C15H25N3O. The molecule has 19 heavy (non-hydrogen) atoms. The third kappa shape index (κ3) is 2.89. The molecule has 1 saturated carbocycles. The van der Waals surface area contributed by atoms with Crippen molar-refractivity contribution in [3.63, 3.8) is 0 Å². The Labute approximate surface area is 115 Å². The third-order valence-corrected chi connectivity index (χ3v) is 3.87. The van der Waals surface area contributed by atoms with Crippen molar-refractivity contribution in [2.45, 2.75) is 52.5 Å². The van der Waals surface area contributed by atoms with Gasteiger partial charge in [-0.25, -0.2) is 4.98 Å². The molecule has 1 aromatic rings. The Balaban J connectivity index is 2.46. The van der Waals surface area contributed by atoms with Gasteiger partial charge in [-0.2, -0.15) is 0 Å². The SMILES string of the molecule is COc1nccnc1C1(N)CC(C)(C)CC(C)(C)C1. The fourth-order valence-electron chi connectivity index (χ4n) is 4.17. The molecule has 0 unspecified atom stereocenters. The van der Waals surface area contributed by atoms with Gasteiger partial charge in [-0.15, -0.1) is 0 Å². The van der Waals surface area contributed by atoms with Crippen LogP contribution in [0.15, 0.2) is 12.4 Å². The van der Waals surface area contributed by atoms with Crippen LogP contribution in [0.25, 0.3) is 0 Å². The Kier molecular flexibility index (Phi) is 3.33. The van der Waals surface area contributed by atoms with Crippen molar-refractivity contribution in [2.24, 2.45) is 16.6 Å². The summed E-state index contributed by atoms with van der Waals surface area (Å²) < 4.78 is 5.35. The molecule has 1 heterocycles. The van der Waals surface area contributed by atoms with E-state index in [9.17, 15) is 0 Å². The molecule has 4 heteroatoms. The second kappa shape index (κ2) is 4.44. The van der Waals surface area contributed by atoms with Gasteiger partial charge in [-0.05, 0) is 30.1 Å². The lowest BCUT2D eigenvalue weighted by Crippen LogP contribution is -2.50. The topological polar surface area (TPSA) is 61.0 Å². The zero-order valence-corrected chi connectivity index (χ0v) is 12.7. The van der Waals surface area contributed by atoms with Crippen LogP contribution in [0.1, 0.15) is 52.7 Å². The van der Waals surface area contributed by atoms with E-state index < -0.39 is 5.54 Å². The van der Waals surface area contributed by atoms with Crippen LogP contribution in [0.5, 0.6) is 5.88 Å². The lowest BCUT2D eigenvalue weighted by molar-refractivity contribution is 0.0434. The van der Waals surface area contributed by atoms with Crippen LogP contribution < -0.4 is 10.5 Å². The summed E-state index contributed by atoms with van der Waals surface area (Å²) in [6, 6.07) is 0. The van der Waals surface area contributed by atoms with Gasteiger partial charge in [0.2, 0.25) is 5.88 Å². The molecular weight excluding hydrogens is 238 g/mol. The van der Waals surface area contributed by atoms with Gasteiger partial charge in [0.15, 0.2) is 0 Å². The normalized spacial score (nSPS) is 23.9. The summed E-state index contributed by atoms with van der Waals surface area (Å²) in [5.74, 6) is 0.554. The van der Waals surface area contributed by atoms with Gasteiger partial charge >= 0.3 is 0 Å². The summed E-state index contributed by atoms with van der Waals surface area (Å²) in [7, 11) is 1.62. The Morgan fingerprint density at radius 1 is 1.00 bits per heavy atom. The fraction of sp³-hybridized carbons (Fsp3) is 0.733. The highest BCUT2D eigenvalue weighted by Gasteiger charge is 2.48. The predicted molar refractivity (Wildman–Crippen MR) is 75.9 cm³/mol. The van der Waals surface area contributed by atoms with Crippen molar-refractivity contribution in [1.29, 1.82) is 0 Å². The van der Waals surface area contributed by atoms with E-state index in [0.29, 0.717) is 5.88 Å². The molecule has 1 aromatic heterocycles. The van der Waals surface area contributed by atoms with E-state index in [1.54, 1.807) is 19.5 Å². The van der Waals surface area contributed by atoms with Crippen molar-refractivity contribution >= 4 is 0 Å². The number of hydrogen-bond donors (Lipinski definition) is 1. The van der Waals surface area contributed by atoms with Gasteiger partial charge in [0.1, 0.15) is 5.69 Å². The van der Waals surface area contributed by atoms with Gasteiger partial charge in [0.05, 0.1) is 12.6 Å². The first-order valence-corrected chi connectivity index (χ1v) is 6.82. The summed E-state index contributed by atoms with van der Waals surface area (Å²) >= 11 is 0. The van der Waals surface area contributed by atoms with E-state index in [4.69, 9.17) is 10.5 Å². The lowest BCUT2D eigenvalue weighted by Gasteiger charge is -2.50. The molecule has 4 nitrogen and oxygen atoms in total. The molecule has 0 saturated heterocycles. The molecule has 1 aliphatic carbocycles. The highest BCUT2D eigenvalue weighted by Crippen LogP contribution is 2.53. The Morgan fingerprint density at radius 3 is 2.05 bits per heavy atom. The van der Waals surface area contributed by atoms with Crippen LogP contribution in [0.2, 0.25) is 0 Å². The summed E-state index contributed by atoms with van der Waals surface area (Å²) in [5.41, 5.74) is 7.44. The van der Waals surface area contributed by atoms with Crippen molar-refractivity contribution in [2.75, 3.05) is 7.11 Å². The number of rotatable bonds is 2. The molecule has 2 N–H and O–H groups in total. The van der Waals surface area contributed by atoms with Crippen molar-refractivity contribution < 1.29 is 4.74 Å². The van der Waals surface area contributed by atoms with Gasteiger partial charge in [-0.1, -0.05) is 27.7 Å². The van der Waals surface area contributed by atoms with Crippen LogP contribution in [0, 0.1) is 10.8 Å². The average molecular weight is 263 g/mol. The Hall–Kier alpha value is -1.16. The molecule has 1 fully saturated rings. The van der Waals surface area contributed by atoms with Gasteiger partial charge in [0.25, 0.3) is 0 Å². The smallest absolute Gasteiger partial charge is 0.237 e. The Bertz CT molecular complexity index is 452. The minimum atomic E-state index is -0.467. The first-order valence-electron chi connectivity index (χ1n) is 6.82. The highest BCUT2D eigenvalue weighted by molar-refractivity contribution is 5.28. The molecule has 0 aromatic carbocycles.